The van der Waals surface area contributed by atoms with Gasteiger partial charge in [-0.05, 0) is 6.07 Å². The van der Waals surface area contributed by atoms with Crippen molar-refractivity contribution in [3.8, 4) is 0 Å². The lowest BCUT2D eigenvalue weighted by molar-refractivity contribution is 0.361. The second-order valence-corrected chi connectivity index (χ2v) is 3.91. The molecule has 2 rings (SSSR count). The predicted molar refractivity (Wildman–Crippen MR) is 59.9 cm³/mol. The molecule has 0 bridgehead atoms. The Morgan fingerprint density at radius 1 is 1.47 bits per heavy atom. The fourth-order valence-electron chi connectivity index (χ4n) is 1.27. The zero-order chi connectivity index (χ0) is 12.3. The predicted octanol–water partition coefficient (Wildman–Crippen LogP) is 2.34. The van der Waals surface area contributed by atoms with Gasteiger partial charge in [0.15, 0.2) is 11.6 Å². The summed E-state index contributed by atoms with van der Waals surface area (Å²) in [5, 5.41) is 6.68. The molecule has 0 aliphatic rings. The van der Waals surface area contributed by atoms with Crippen molar-refractivity contribution < 1.29 is 8.91 Å². The largest absolute Gasteiger partial charge is 0.375 e. The molecule has 0 saturated heterocycles. The maximum atomic E-state index is 13.2. The van der Waals surface area contributed by atoms with Crippen molar-refractivity contribution in [1.82, 2.24) is 15.1 Å². The van der Waals surface area contributed by atoms with Gasteiger partial charge in [-0.3, -0.25) is 4.98 Å². The molecular formula is C11H13FN4O. The van der Waals surface area contributed by atoms with E-state index in [1.807, 2.05) is 13.8 Å². The molecule has 2 aromatic rings. The quantitative estimate of drug-likeness (QED) is 0.882. The zero-order valence-electron chi connectivity index (χ0n) is 9.64. The van der Waals surface area contributed by atoms with E-state index in [0.29, 0.717) is 23.9 Å². The second-order valence-electron chi connectivity index (χ2n) is 3.91. The van der Waals surface area contributed by atoms with Gasteiger partial charge >= 0.3 is 0 Å². The summed E-state index contributed by atoms with van der Waals surface area (Å²) >= 11 is 0. The van der Waals surface area contributed by atoms with Gasteiger partial charge in [-0.15, -0.1) is 0 Å². The number of rotatable bonds is 4. The van der Waals surface area contributed by atoms with Gasteiger partial charge in [-0.2, -0.15) is 4.98 Å². The van der Waals surface area contributed by atoms with Crippen LogP contribution in [0.1, 0.15) is 31.5 Å². The summed E-state index contributed by atoms with van der Waals surface area (Å²) in [6, 6.07) is 1.55. The molecule has 0 aliphatic carbocycles. The molecule has 90 valence electrons. The van der Waals surface area contributed by atoms with E-state index in [9.17, 15) is 4.39 Å². The molecule has 0 saturated carbocycles. The Morgan fingerprint density at radius 3 is 2.94 bits per heavy atom. The van der Waals surface area contributed by atoms with E-state index in [1.54, 1.807) is 6.07 Å². The van der Waals surface area contributed by atoms with Gasteiger partial charge in [0.05, 0.1) is 18.4 Å². The lowest BCUT2D eigenvalue weighted by Crippen LogP contribution is -2.03. The lowest BCUT2D eigenvalue weighted by Gasteiger charge is -2.03. The van der Waals surface area contributed by atoms with E-state index < -0.39 is 5.82 Å². The average Bonchev–Trinajstić information content (AvgIpc) is 2.77. The molecular weight excluding hydrogens is 223 g/mol. The normalized spacial score (nSPS) is 10.8. The summed E-state index contributed by atoms with van der Waals surface area (Å²) in [5.41, 5.74) is 0.371. The summed E-state index contributed by atoms with van der Waals surface area (Å²) in [6.07, 6.45) is 2.67. The topological polar surface area (TPSA) is 63.8 Å². The monoisotopic (exact) mass is 236 g/mol. The van der Waals surface area contributed by atoms with Crippen LogP contribution in [0.25, 0.3) is 0 Å². The van der Waals surface area contributed by atoms with Crippen LogP contribution in [0, 0.1) is 5.82 Å². The zero-order valence-corrected chi connectivity index (χ0v) is 9.64. The molecule has 0 atom stereocenters. The van der Waals surface area contributed by atoms with Crippen molar-refractivity contribution >= 4 is 5.69 Å². The van der Waals surface area contributed by atoms with Crippen molar-refractivity contribution in [2.75, 3.05) is 5.32 Å². The summed E-state index contributed by atoms with van der Waals surface area (Å²) in [6.45, 7) is 4.25. The molecule has 0 fully saturated rings. The van der Waals surface area contributed by atoms with Crippen molar-refractivity contribution in [1.29, 1.82) is 0 Å². The number of hydrogen-bond acceptors (Lipinski definition) is 5. The van der Waals surface area contributed by atoms with Crippen LogP contribution in [-0.2, 0) is 6.54 Å². The standard InChI is InChI=1S/C11H13FN4O/c1-7(2)11-15-10(16-17-11)6-14-9-3-4-13-5-8(9)12/h3-5,7H,6H2,1-2H3,(H,13,14). The molecule has 0 aliphatic heterocycles. The third kappa shape index (κ3) is 2.77. The first-order valence-electron chi connectivity index (χ1n) is 5.32. The third-order valence-electron chi connectivity index (χ3n) is 2.19. The Labute approximate surface area is 98.1 Å². The Hall–Kier alpha value is -1.98. The fraction of sp³-hybridized carbons (Fsp3) is 0.364. The number of halogens is 1. The Bertz CT molecular complexity index is 498. The minimum Gasteiger partial charge on any atom is -0.375 e. The number of nitrogens with one attached hydrogen (secondary N) is 1. The van der Waals surface area contributed by atoms with Crippen LogP contribution in [0.2, 0.25) is 0 Å². The molecule has 0 amide bonds. The van der Waals surface area contributed by atoms with Crippen LogP contribution in [0.4, 0.5) is 10.1 Å². The molecule has 6 heteroatoms. The molecule has 0 spiro atoms. The van der Waals surface area contributed by atoms with Gasteiger partial charge in [-0.1, -0.05) is 19.0 Å². The van der Waals surface area contributed by atoms with E-state index in [4.69, 9.17) is 4.52 Å². The third-order valence-corrected chi connectivity index (χ3v) is 2.19. The first-order chi connectivity index (χ1) is 8.16. The summed E-state index contributed by atoms with van der Waals surface area (Å²) in [5.74, 6) is 0.871. The van der Waals surface area contributed by atoms with Crippen LogP contribution >= 0.6 is 0 Å². The molecule has 2 aromatic heterocycles. The number of nitrogens with zero attached hydrogens (tertiary/aromatic N) is 3. The van der Waals surface area contributed by atoms with Crippen LogP contribution in [0.15, 0.2) is 23.0 Å². The number of anilines is 1. The van der Waals surface area contributed by atoms with Gasteiger partial charge in [0.25, 0.3) is 0 Å². The number of hydrogen-bond donors (Lipinski definition) is 1. The van der Waals surface area contributed by atoms with Crippen molar-refractivity contribution in [2.24, 2.45) is 0 Å². The van der Waals surface area contributed by atoms with Crippen LogP contribution in [-0.4, -0.2) is 15.1 Å². The van der Waals surface area contributed by atoms with E-state index >= 15 is 0 Å². The van der Waals surface area contributed by atoms with Crippen molar-refractivity contribution in [3.63, 3.8) is 0 Å². The highest BCUT2D eigenvalue weighted by molar-refractivity contribution is 5.42. The van der Waals surface area contributed by atoms with Crippen LogP contribution in [0.3, 0.4) is 0 Å². The highest BCUT2D eigenvalue weighted by Crippen LogP contribution is 2.14. The van der Waals surface area contributed by atoms with Gasteiger partial charge in [0.2, 0.25) is 5.89 Å². The van der Waals surface area contributed by atoms with Gasteiger partial charge in [0.1, 0.15) is 0 Å². The van der Waals surface area contributed by atoms with E-state index in [0.717, 1.165) is 6.20 Å². The maximum absolute atomic E-state index is 13.2. The van der Waals surface area contributed by atoms with E-state index in [1.165, 1.54) is 6.20 Å². The maximum Gasteiger partial charge on any atom is 0.229 e. The Morgan fingerprint density at radius 2 is 2.29 bits per heavy atom. The first kappa shape index (κ1) is 11.5. The first-order valence-corrected chi connectivity index (χ1v) is 5.32. The second kappa shape index (κ2) is 4.90. The van der Waals surface area contributed by atoms with E-state index in [2.05, 4.69) is 20.4 Å². The van der Waals surface area contributed by atoms with Gasteiger partial charge in [-0.25, -0.2) is 4.39 Å². The smallest absolute Gasteiger partial charge is 0.229 e. The van der Waals surface area contributed by atoms with Gasteiger partial charge < -0.3 is 9.84 Å². The molecule has 2 heterocycles. The minimum atomic E-state index is -0.403. The molecule has 17 heavy (non-hydrogen) atoms. The van der Waals surface area contributed by atoms with Crippen molar-refractivity contribution in [2.45, 2.75) is 26.3 Å². The number of pyridine rings is 1. The minimum absolute atomic E-state index is 0.189. The SMILES string of the molecule is CC(C)c1nc(CNc2ccncc2F)no1. The molecule has 0 radical (unpaired) electrons. The van der Waals surface area contributed by atoms with Crippen LogP contribution < -0.4 is 5.32 Å². The highest BCUT2D eigenvalue weighted by Gasteiger charge is 2.10. The molecule has 5 nitrogen and oxygen atoms in total. The summed E-state index contributed by atoms with van der Waals surface area (Å²) in [7, 11) is 0. The number of aromatic nitrogens is 3. The highest BCUT2D eigenvalue weighted by atomic mass is 19.1. The Balaban J connectivity index is 2.00. The fourth-order valence-corrected chi connectivity index (χ4v) is 1.27. The lowest BCUT2D eigenvalue weighted by atomic mass is 10.2. The van der Waals surface area contributed by atoms with Gasteiger partial charge in [0, 0.05) is 12.1 Å². The van der Waals surface area contributed by atoms with E-state index in [-0.39, 0.29) is 5.92 Å². The van der Waals surface area contributed by atoms with Crippen LogP contribution in [0.5, 0.6) is 0 Å². The summed E-state index contributed by atoms with van der Waals surface area (Å²) in [4.78, 5) is 7.84. The molecule has 1 N–H and O–H groups in total. The summed E-state index contributed by atoms with van der Waals surface area (Å²) < 4.78 is 18.3. The Kier molecular flexibility index (Phi) is 3.32. The molecule has 0 unspecified atom stereocenters. The average molecular weight is 236 g/mol. The van der Waals surface area contributed by atoms with Crippen molar-refractivity contribution in [3.05, 3.63) is 36.0 Å². The molecule has 0 aromatic carbocycles.